The van der Waals surface area contributed by atoms with E-state index in [1.54, 1.807) is 0 Å². The van der Waals surface area contributed by atoms with Crippen LogP contribution in [0.4, 0.5) is 0 Å². The zero-order valence-electron chi connectivity index (χ0n) is 7.25. The first kappa shape index (κ1) is 17.5. The molecule has 0 fully saturated rings. The molecule has 0 aromatic heterocycles. The van der Waals surface area contributed by atoms with E-state index in [0.29, 0.717) is 0 Å². The van der Waals surface area contributed by atoms with E-state index in [1.807, 2.05) is 0 Å². The first-order valence-corrected chi connectivity index (χ1v) is 6.15. The maximum atomic E-state index is 10.3. The summed E-state index contributed by atoms with van der Waals surface area (Å²) >= 11 is 0. The molecule has 9 heteroatoms. The number of hydrogen-bond donors (Lipinski definition) is 4. The van der Waals surface area contributed by atoms with Gasteiger partial charge in [0.15, 0.2) is 0 Å². The van der Waals surface area contributed by atoms with Crippen LogP contribution in [0.15, 0.2) is 0 Å². The van der Waals surface area contributed by atoms with Crippen LogP contribution in [0.2, 0.25) is 0 Å². The van der Waals surface area contributed by atoms with E-state index >= 15 is 0 Å². The topological polar surface area (TPSA) is 127 Å². The van der Waals surface area contributed by atoms with Gasteiger partial charge in [-0.1, -0.05) is 21.6 Å². The number of rotatable bonds is 7. The van der Waals surface area contributed by atoms with Gasteiger partial charge in [0.25, 0.3) is 0 Å². The maximum absolute atomic E-state index is 10.3. The Morgan fingerprint density at radius 3 is 1.47 bits per heavy atom. The van der Waals surface area contributed by atoms with E-state index < -0.39 is 24.0 Å². The second-order valence-corrected chi connectivity index (χ2v) is 5.01. The summed E-state index contributed by atoms with van der Waals surface area (Å²) in [6.07, 6.45) is 0. The summed E-state index contributed by atoms with van der Waals surface area (Å²) < 4.78 is 0. The van der Waals surface area contributed by atoms with Crippen molar-refractivity contribution in [2.45, 2.75) is 12.1 Å². The summed E-state index contributed by atoms with van der Waals surface area (Å²) in [5.74, 6) is -1.68. The Morgan fingerprint density at radius 2 is 1.27 bits per heavy atom. The van der Waals surface area contributed by atoms with Gasteiger partial charge in [0.05, 0.1) is 0 Å². The van der Waals surface area contributed by atoms with Crippen LogP contribution in [0.5, 0.6) is 0 Å². The van der Waals surface area contributed by atoms with E-state index in [0.717, 1.165) is 0 Å². The van der Waals surface area contributed by atoms with E-state index in [1.165, 1.54) is 21.6 Å². The molecule has 2 atom stereocenters. The van der Waals surface area contributed by atoms with Gasteiger partial charge in [0.2, 0.25) is 0 Å². The normalized spacial score (nSPS) is 13.7. The fraction of sp³-hybridized carbons (Fsp3) is 0.667. The van der Waals surface area contributed by atoms with Gasteiger partial charge in [-0.2, -0.15) is 0 Å². The van der Waals surface area contributed by atoms with Crippen LogP contribution >= 0.6 is 21.6 Å². The van der Waals surface area contributed by atoms with Crippen molar-refractivity contribution in [1.82, 2.24) is 0 Å². The van der Waals surface area contributed by atoms with Crippen molar-refractivity contribution in [3.63, 3.8) is 0 Å². The van der Waals surface area contributed by atoms with Crippen LogP contribution in [0, 0.1) is 0 Å². The molecule has 0 radical (unpaired) electrons. The predicted molar refractivity (Wildman–Crippen MR) is 63.3 cm³/mol. The van der Waals surface area contributed by atoms with Crippen LogP contribution in [-0.4, -0.2) is 64.6 Å². The molecule has 15 heavy (non-hydrogen) atoms. The summed E-state index contributed by atoms with van der Waals surface area (Å²) in [5, 5.41) is 16.8. The number of hydrogen-bond acceptors (Lipinski definition) is 6. The SMILES string of the molecule is N[C@@H](CSSC[C@H](N)C(=O)O)C(=O)O.[LiH]. The third-order valence-corrected chi connectivity index (χ3v) is 3.69. The zero-order chi connectivity index (χ0) is 11.1. The van der Waals surface area contributed by atoms with Crippen LogP contribution in [-0.2, 0) is 9.59 Å². The van der Waals surface area contributed by atoms with Crippen molar-refractivity contribution in [1.29, 1.82) is 0 Å². The fourth-order valence-corrected chi connectivity index (χ4v) is 2.61. The molecule has 0 bridgehead atoms. The van der Waals surface area contributed by atoms with Crippen LogP contribution < -0.4 is 11.5 Å². The van der Waals surface area contributed by atoms with Crippen molar-refractivity contribution in [3.8, 4) is 0 Å². The molecule has 6 N–H and O–H groups in total. The van der Waals surface area contributed by atoms with Crippen LogP contribution in [0.1, 0.15) is 0 Å². The molecule has 6 nitrogen and oxygen atoms in total. The molecule has 0 saturated carbocycles. The molecular formula is C6H13LiN2O4S2. The van der Waals surface area contributed by atoms with E-state index in [4.69, 9.17) is 21.7 Å². The molecule has 0 aromatic rings. The molecule has 0 aromatic carbocycles. The quantitative estimate of drug-likeness (QED) is 0.245. The fourth-order valence-electron chi connectivity index (χ4n) is 0.385. The van der Waals surface area contributed by atoms with Gasteiger partial charge in [-0.3, -0.25) is 9.59 Å². The molecule has 0 aliphatic heterocycles. The Morgan fingerprint density at radius 1 is 1.00 bits per heavy atom. The number of carbonyl (C=O) groups is 2. The summed E-state index contributed by atoms with van der Waals surface area (Å²) in [5.41, 5.74) is 10.4. The molecule has 0 amide bonds. The zero-order valence-corrected chi connectivity index (χ0v) is 8.88. The molecule has 84 valence electrons. The van der Waals surface area contributed by atoms with Gasteiger partial charge in [-0.05, 0) is 0 Å². The van der Waals surface area contributed by atoms with Crippen molar-refractivity contribution in [2.75, 3.05) is 11.5 Å². The van der Waals surface area contributed by atoms with Gasteiger partial charge in [-0.15, -0.1) is 0 Å². The summed E-state index contributed by atoms with van der Waals surface area (Å²) in [7, 11) is 2.41. The summed E-state index contributed by atoms with van der Waals surface area (Å²) in [4.78, 5) is 20.5. The Labute approximate surface area is 107 Å². The second kappa shape index (κ2) is 9.39. The van der Waals surface area contributed by atoms with Crippen molar-refractivity contribution >= 4 is 52.4 Å². The van der Waals surface area contributed by atoms with Crippen molar-refractivity contribution < 1.29 is 19.8 Å². The van der Waals surface area contributed by atoms with Gasteiger partial charge >= 0.3 is 30.8 Å². The summed E-state index contributed by atoms with van der Waals surface area (Å²) in [6, 6.07) is -1.85. The van der Waals surface area contributed by atoms with Crippen molar-refractivity contribution in [2.24, 2.45) is 11.5 Å². The van der Waals surface area contributed by atoms with E-state index in [9.17, 15) is 9.59 Å². The average molecular weight is 248 g/mol. The molecule has 0 saturated heterocycles. The molecule has 0 heterocycles. The Balaban J connectivity index is 0. The second-order valence-electron chi connectivity index (χ2n) is 2.46. The van der Waals surface area contributed by atoms with Gasteiger partial charge in [0, 0.05) is 11.5 Å². The minimum atomic E-state index is -1.07. The van der Waals surface area contributed by atoms with Crippen LogP contribution in [0.25, 0.3) is 0 Å². The van der Waals surface area contributed by atoms with E-state index in [-0.39, 0.29) is 30.4 Å². The molecule has 0 rings (SSSR count). The van der Waals surface area contributed by atoms with Gasteiger partial charge < -0.3 is 21.7 Å². The molecule has 0 aliphatic carbocycles. The predicted octanol–water partition coefficient (Wildman–Crippen LogP) is -1.46. The third-order valence-electron chi connectivity index (χ3n) is 1.21. The summed E-state index contributed by atoms with van der Waals surface area (Å²) in [6.45, 7) is 0. The Bertz CT molecular complexity index is 197. The number of nitrogens with two attached hydrogens (primary N) is 2. The number of aliphatic carboxylic acids is 2. The molecular weight excluding hydrogens is 235 g/mol. The number of carboxylic acid groups (broad SMARTS) is 2. The number of carboxylic acids is 2. The van der Waals surface area contributed by atoms with E-state index in [2.05, 4.69) is 0 Å². The Kier molecular flexibility index (Phi) is 11.0. The van der Waals surface area contributed by atoms with Gasteiger partial charge in [0.1, 0.15) is 12.1 Å². The van der Waals surface area contributed by atoms with Crippen LogP contribution in [0.3, 0.4) is 0 Å². The standard InChI is InChI=1S/C6H12N2O4S2.Li.H/c7-3(5(9)10)1-13-14-2-4(8)6(11)12;;/h3-4H,1-2,7-8H2,(H,9,10)(H,11,12);;/t3-,4-;;/m0../s1. The van der Waals surface area contributed by atoms with Gasteiger partial charge in [-0.25, -0.2) is 0 Å². The first-order chi connectivity index (χ1) is 6.45. The minimum absolute atomic E-state index is 0. The molecule has 0 unspecified atom stereocenters. The third kappa shape index (κ3) is 9.11. The first-order valence-electron chi connectivity index (χ1n) is 3.66. The average Bonchev–Trinajstić information content (AvgIpc) is 2.11. The Hall–Kier alpha value is 0.157. The molecule has 0 spiro atoms. The van der Waals surface area contributed by atoms with Crippen molar-refractivity contribution in [3.05, 3.63) is 0 Å². The monoisotopic (exact) mass is 248 g/mol. The molecule has 0 aliphatic rings.